The van der Waals surface area contributed by atoms with Crippen LogP contribution in [0.15, 0.2) is 46.4 Å². The molecule has 2 atom stereocenters. The summed E-state index contributed by atoms with van der Waals surface area (Å²) in [5, 5.41) is 20.7. The van der Waals surface area contributed by atoms with Gasteiger partial charge < -0.3 is 10.2 Å². The van der Waals surface area contributed by atoms with Crippen LogP contribution in [0.1, 0.15) is 88.5 Å². The maximum absolute atomic E-state index is 10.3. The first-order chi connectivity index (χ1) is 16.3. The molecular formula is C30H42N2O2. The van der Waals surface area contributed by atoms with Gasteiger partial charge in [0.25, 0.3) is 0 Å². The lowest BCUT2D eigenvalue weighted by Crippen LogP contribution is -2.27. The molecule has 0 aromatic heterocycles. The number of rotatable bonds is 10. The van der Waals surface area contributed by atoms with Gasteiger partial charge in [-0.2, -0.15) is 0 Å². The van der Waals surface area contributed by atoms with E-state index in [0.29, 0.717) is 11.8 Å². The predicted molar refractivity (Wildman–Crippen MR) is 144 cm³/mol. The number of benzene rings is 2. The van der Waals surface area contributed by atoms with Crippen molar-refractivity contribution in [2.24, 2.45) is 21.8 Å². The monoisotopic (exact) mass is 462 g/mol. The smallest absolute Gasteiger partial charge is 0.124 e. The van der Waals surface area contributed by atoms with Crippen molar-refractivity contribution in [2.45, 2.75) is 91.1 Å². The van der Waals surface area contributed by atoms with Crippen molar-refractivity contribution in [1.29, 1.82) is 0 Å². The number of phenolic OH excluding ortho intramolecular Hbond substituents is 2. The minimum atomic E-state index is 0.0926. The summed E-state index contributed by atoms with van der Waals surface area (Å²) in [6.45, 7) is 8.92. The van der Waals surface area contributed by atoms with Crippen molar-refractivity contribution in [3.8, 4) is 11.5 Å². The van der Waals surface area contributed by atoms with Crippen molar-refractivity contribution >= 4 is 12.4 Å². The molecule has 184 valence electrons. The molecule has 1 aliphatic carbocycles. The van der Waals surface area contributed by atoms with Crippen LogP contribution < -0.4 is 0 Å². The Morgan fingerprint density at radius 2 is 1.15 bits per heavy atom. The zero-order valence-corrected chi connectivity index (χ0v) is 21.4. The van der Waals surface area contributed by atoms with Crippen molar-refractivity contribution < 1.29 is 10.2 Å². The third-order valence-electron chi connectivity index (χ3n) is 6.71. The van der Waals surface area contributed by atoms with Gasteiger partial charge in [0.2, 0.25) is 0 Å². The Bertz CT molecular complexity index is 898. The first-order valence-corrected chi connectivity index (χ1v) is 13.0. The highest BCUT2D eigenvalue weighted by molar-refractivity contribution is 5.84. The Kier molecular flexibility index (Phi) is 9.74. The van der Waals surface area contributed by atoms with E-state index in [0.717, 1.165) is 62.5 Å². The van der Waals surface area contributed by atoms with Gasteiger partial charge in [-0.15, -0.1) is 0 Å². The summed E-state index contributed by atoms with van der Waals surface area (Å²) in [6.07, 6.45) is 12.2. The van der Waals surface area contributed by atoms with Gasteiger partial charge in [-0.25, -0.2) is 0 Å². The van der Waals surface area contributed by atoms with Crippen LogP contribution in [0, 0.1) is 11.8 Å². The normalized spacial score (nSPS) is 19.1. The van der Waals surface area contributed by atoms with Crippen molar-refractivity contribution in [3.63, 3.8) is 0 Å². The van der Waals surface area contributed by atoms with Crippen LogP contribution >= 0.6 is 0 Å². The molecule has 2 aromatic rings. The van der Waals surface area contributed by atoms with E-state index < -0.39 is 0 Å². The predicted octanol–water partition coefficient (Wildman–Crippen LogP) is 7.12. The zero-order chi connectivity index (χ0) is 24.5. The van der Waals surface area contributed by atoms with E-state index in [1.165, 1.54) is 11.1 Å². The summed E-state index contributed by atoms with van der Waals surface area (Å²) in [5.74, 6) is 1.86. The molecule has 1 fully saturated rings. The molecule has 0 aliphatic heterocycles. The standard InChI is InChI=1S/C30H42N2O2/c1-21(2)9-11-23-13-15-29(33)25(17-23)19-31-27-7-5-6-8-28(27)32-20-26-18-24(12-10-22(3)4)14-16-30(26)34/h13-22,27-28,33-34H,5-12H2,1-4H3. The van der Waals surface area contributed by atoms with Crippen molar-refractivity contribution in [1.82, 2.24) is 0 Å². The first kappa shape index (κ1) is 26.0. The number of hydrogen-bond donors (Lipinski definition) is 2. The molecule has 0 heterocycles. The Hall–Kier alpha value is -2.62. The lowest BCUT2D eigenvalue weighted by atomic mass is 9.91. The highest BCUT2D eigenvalue weighted by Crippen LogP contribution is 2.26. The highest BCUT2D eigenvalue weighted by atomic mass is 16.3. The molecule has 4 heteroatoms. The average Bonchev–Trinajstić information content (AvgIpc) is 2.81. The molecule has 2 aromatic carbocycles. The van der Waals surface area contributed by atoms with Crippen LogP contribution in [0.4, 0.5) is 0 Å². The Balaban J connectivity index is 1.72. The number of aryl methyl sites for hydroxylation is 2. The fourth-order valence-electron chi connectivity index (χ4n) is 4.43. The van der Waals surface area contributed by atoms with Gasteiger partial charge in [-0.3, -0.25) is 9.98 Å². The molecule has 2 unspecified atom stereocenters. The van der Waals surface area contributed by atoms with E-state index in [1.807, 2.05) is 24.6 Å². The SMILES string of the molecule is CC(C)CCc1ccc(O)c(C=NC2CCCCC2N=Cc2cc(CCC(C)C)ccc2O)c1. The summed E-state index contributed by atoms with van der Waals surface area (Å²) >= 11 is 0. The second kappa shape index (κ2) is 12.7. The zero-order valence-electron chi connectivity index (χ0n) is 21.4. The Morgan fingerprint density at radius 1 is 0.735 bits per heavy atom. The largest absolute Gasteiger partial charge is 0.507 e. The lowest BCUT2D eigenvalue weighted by Gasteiger charge is -2.25. The minimum absolute atomic E-state index is 0.0926. The number of aromatic hydroxyl groups is 2. The van der Waals surface area contributed by atoms with Gasteiger partial charge in [0.1, 0.15) is 11.5 Å². The molecule has 0 spiro atoms. The van der Waals surface area contributed by atoms with E-state index >= 15 is 0 Å². The van der Waals surface area contributed by atoms with E-state index in [-0.39, 0.29) is 23.6 Å². The van der Waals surface area contributed by atoms with Gasteiger partial charge in [0.15, 0.2) is 0 Å². The third kappa shape index (κ3) is 8.00. The van der Waals surface area contributed by atoms with Crippen molar-refractivity contribution in [3.05, 3.63) is 58.7 Å². The van der Waals surface area contributed by atoms with Crippen molar-refractivity contribution in [2.75, 3.05) is 0 Å². The van der Waals surface area contributed by atoms with Crippen LogP contribution in [0.2, 0.25) is 0 Å². The van der Waals surface area contributed by atoms with Crippen LogP contribution in [0.25, 0.3) is 0 Å². The number of hydrogen-bond acceptors (Lipinski definition) is 4. The van der Waals surface area contributed by atoms with Gasteiger partial charge in [-0.1, -0.05) is 52.7 Å². The minimum Gasteiger partial charge on any atom is -0.507 e. The molecule has 0 bridgehead atoms. The molecular weight excluding hydrogens is 420 g/mol. The molecule has 3 rings (SSSR count). The summed E-state index contributed by atoms with van der Waals surface area (Å²) in [5.41, 5.74) is 4.04. The quantitative estimate of drug-likeness (QED) is 0.369. The second-order valence-corrected chi connectivity index (χ2v) is 10.6. The molecule has 0 radical (unpaired) electrons. The summed E-state index contributed by atoms with van der Waals surface area (Å²) in [7, 11) is 0. The van der Waals surface area contributed by atoms with E-state index in [9.17, 15) is 10.2 Å². The first-order valence-electron chi connectivity index (χ1n) is 13.0. The van der Waals surface area contributed by atoms with Gasteiger partial charge in [-0.05, 0) is 85.8 Å². The molecule has 34 heavy (non-hydrogen) atoms. The van der Waals surface area contributed by atoms with Gasteiger partial charge in [0, 0.05) is 23.6 Å². The molecule has 0 saturated heterocycles. The van der Waals surface area contributed by atoms with Crippen LogP contribution in [0.3, 0.4) is 0 Å². The van der Waals surface area contributed by atoms with E-state index in [4.69, 9.17) is 9.98 Å². The number of phenols is 2. The number of aliphatic imine (C=N–C) groups is 2. The van der Waals surface area contributed by atoms with Gasteiger partial charge >= 0.3 is 0 Å². The molecule has 0 amide bonds. The fraction of sp³-hybridized carbons (Fsp3) is 0.533. The van der Waals surface area contributed by atoms with Crippen LogP contribution in [0.5, 0.6) is 11.5 Å². The summed E-state index contributed by atoms with van der Waals surface area (Å²) in [6, 6.07) is 11.9. The number of nitrogens with zero attached hydrogens (tertiary/aromatic N) is 2. The van der Waals surface area contributed by atoms with E-state index in [2.05, 4.69) is 39.8 Å². The molecule has 1 aliphatic rings. The van der Waals surface area contributed by atoms with Gasteiger partial charge in [0.05, 0.1) is 12.1 Å². The van der Waals surface area contributed by atoms with Crippen LogP contribution in [-0.4, -0.2) is 34.7 Å². The Labute approximate surface area is 205 Å². The lowest BCUT2D eigenvalue weighted by molar-refractivity contribution is 0.390. The highest BCUT2D eigenvalue weighted by Gasteiger charge is 2.23. The van der Waals surface area contributed by atoms with Crippen LogP contribution in [-0.2, 0) is 12.8 Å². The maximum Gasteiger partial charge on any atom is 0.124 e. The average molecular weight is 463 g/mol. The second-order valence-electron chi connectivity index (χ2n) is 10.6. The van der Waals surface area contributed by atoms with E-state index in [1.54, 1.807) is 12.1 Å². The summed E-state index contributed by atoms with van der Waals surface area (Å²) in [4.78, 5) is 9.74. The molecule has 1 saturated carbocycles. The summed E-state index contributed by atoms with van der Waals surface area (Å²) < 4.78 is 0. The Morgan fingerprint density at radius 3 is 1.53 bits per heavy atom. The fourth-order valence-corrected chi connectivity index (χ4v) is 4.43. The third-order valence-corrected chi connectivity index (χ3v) is 6.71. The molecule has 2 N–H and O–H groups in total. The maximum atomic E-state index is 10.3. The topological polar surface area (TPSA) is 65.2 Å². The molecule has 4 nitrogen and oxygen atoms in total.